The molecule has 0 saturated carbocycles. The second kappa shape index (κ2) is 6.39. The number of nitrogens with one attached hydrogen (secondary N) is 1. The summed E-state index contributed by atoms with van der Waals surface area (Å²) in [7, 11) is 1.27. The Morgan fingerprint density at radius 2 is 1.89 bits per heavy atom. The highest BCUT2D eigenvalue weighted by Gasteiger charge is 2.26. The first-order valence-electron chi connectivity index (χ1n) is 5.33. The van der Waals surface area contributed by atoms with Gasteiger partial charge in [0.25, 0.3) is 0 Å². The molecule has 1 aromatic rings. The predicted molar refractivity (Wildman–Crippen MR) is 59.9 cm³/mol. The molecule has 18 heavy (non-hydrogen) atoms. The lowest BCUT2D eigenvalue weighted by atomic mass is 10.0. The van der Waals surface area contributed by atoms with E-state index in [2.05, 4.69) is 10.1 Å². The molecule has 0 atom stereocenters. The molecule has 1 aromatic carbocycles. The van der Waals surface area contributed by atoms with Crippen LogP contribution in [-0.2, 0) is 22.5 Å². The number of benzene rings is 1. The van der Waals surface area contributed by atoms with Gasteiger partial charge < -0.3 is 10.1 Å². The van der Waals surface area contributed by atoms with E-state index in [0.29, 0.717) is 11.1 Å². The largest absolute Gasteiger partial charge is 0.469 e. The fourth-order valence-corrected chi connectivity index (χ4v) is 1.47. The number of rotatable bonds is 5. The van der Waals surface area contributed by atoms with Gasteiger partial charge in [-0.25, -0.2) is 0 Å². The number of ether oxygens (including phenoxy) is 1. The van der Waals surface area contributed by atoms with E-state index in [1.165, 1.54) is 7.11 Å². The van der Waals surface area contributed by atoms with E-state index in [1.54, 1.807) is 24.3 Å². The molecule has 6 heteroatoms. The van der Waals surface area contributed by atoms with Crippen LogP contribution in [0.25, 0.3) is 0 Å². The van der Waals surface area contributed by atoms with Gasteiger partial charge in [-0.3, -0.25) is 4.79 Å². The predicted octanol–water partition coefficient (Wildman–Crippen LogP) is 2.05. The Morgan fingerprint density at radius 3 is 2.44 bits per heavy atom. The van der Waals surface area contributed by atoms with Crippen molar-refractivity contribution in [1.82, 2.24) is 5.32 Å². The van der Waals surface area contributed by atoms with Gasteiger partial charge in [0.05, 0.1) is 20.1 Å². The molecule has 0 amide bonds. The smallest absolute Gasteiger partial charge is 0.401 e. The first-order valence-corrected chi connectivity index (χ1v) is 5.33. The van der Waals surface area contributed by atoms with Gasteiger partial charge in [0.15, 0.2) is 0 Å². The Kier molecular flexibility index (Phi) is 5.15. The summed E-state index contributed by atoms with van der Waals surface area (Å²) in [5.41, 5.74) is 1.33. The standard InChI is InChI=1S/C12H14F3NO2/c1-18-11(17)6-9-4-2-3-5-10(9)7-16-8-12(13,14)15/h2-5,16H,6-8H2,1H3. The summed E-state index contributed by atoms with van der Waals surface area (Å²) >= 11 is 0. The third-order valence-corrected chi connectivity index (χ3v) is 2.32. The van der Waals surface area contributed by atoms with Crippen LogP contribution in [0.4, 0.5) is 13.2 Å². The molecule has 1 rings (SSSR count). The minimum Gasteiger partial charge on any atom is -0.469 e. The summed E-state index contributed by atoms with van der Waals surface area (Å²) in [5, 5.41) is 2.30. The van der Waals surface area contributed by atoms with Crippen LogP contribution in [0.2, 0.25) is 0 Å². The van der Waals surface area contributed by atoms with Gasteiger partial charge in [-0.1, -0.05) is 24.3 Å². The van der Waals surface area contributed by atoms with Crippen LogP contribution in [0, 0.1) is 0 Å². The summed E-state index contributed by atoms with van der Waals surface area (Å²) in [6.07, 6.45) is -4.18. The maximum Gasteiger partial charge on any atom is 0.401 e. The summed E-state index contributed by atoms with van der Waals surface area (Å²) < 4.78 is 40.5. The molecule has 0 aliphatic rings. The number of methoxy groups -OCH3 is 1. The molecular weight excluding hydrogens is 247 g/mol. The Morgan fingerprint density at radius 1 is 1.28 bits per heavy atom. The number of hydrogen-bond acceptors (Lipinski definition) is 3. The molecule has 0 heterocycles. The summed E-state index contributed by atoms with van der Waals surface area (Å²) in [6.45, 7) is -0.994. The van der Waals surface area contributed by atoms with Gasteiger partial charge >= 0.3 is 12.1 Å². The van der Waals surface area contributed by atoms with Crippen LogP contribution in [0.15, 0.2) is 24.3 Å². The SMILES string of the molecule is COC(=O)Cc1ccccc1CNCC(F)(F)F. The zero-order valence-corrected chi connectivity index (χ0v) is 9.88. The summed E-state index contributed by atoms with van der Waals surface area (Å²) in [4.78, 5) is 11.1. The molecule has 0 unspecified atom stereocenters. The van der Waals surface area contributed by atoms with Gasteiger partial charge in [-0.2, -0.15) is 13.2 Å². The van der Waals surface area contributed by atoms with Crippen molar-refractivity contribution in [2.75, 3.05) is 13.7 Å². The second-order valence-electron chi connectivity index (χ2n) is 3.74. The quantitative estimate of drug-likeness (QED) is 0.824. The normalized spacial score (nSPS) is 11.3. The van der Waals surface area contributed by atoms with Crippen LogP contribution < -0.4 is 5.32 Å². The van der Waals surface area contributed by atoms with Gasteiger partial charge in [0, 0.05) is 6.54 Å². The van der Waals surface area contributed by atoms with Crippen molar-refractivity contribution in [3.63, 3.8) is 0 Å². The number of esters is 1. The highest BCUT2D eigenvalue weighted by molar-refractivity contribution is 5.72. The van der Waals surface area contributed by atoms with Crippen molar-refractivity contribution >= 4 is 5.97 Å². The third kappa shape index (κ3) is 5.18. The van der Waals surface area contributed by atoms with Gasteiger partial charge in [0.2, 0.25) is 0 Å². The number of carbonyl (C=O) groups excluding carboxylic acids is 1. The maximum absolute atomic E-state index is 12.0. The monoisotopic (exact) mass is 261 g/mol. The maximum atomic E-state index is 12.0. The molecule has 0 aliphatic carbocycles. The van der Waals surface area contributed by atoms with Crippen molar-refractivity contribution in [3.8, 4) is 0 Å². The number of halogens is 3. The molecular formula is C12H14F3NO2. The van der Waals surface area contributed by atoms with E-state index in [0.717, 1.165) is 0 Å². The van der Waals surface area contributed by atoms with E-state index in [1.807, 2.05) is 0 Å². The minimum absolute atomic E-state index is 0.0559. The van der Waals surface area contributed by atoms with E-state index in [-0.39, 0.29) is 13.0 Å². The Balaban J connectivity index is 2.62. The molecule has 3 nitrogen and oxygen atoms in total. The van der Waals surface area contributed by atoms with Gasteiger partial charge in [-0.05, 0) is 11.1 Å². The zero-order valence-electron chi connectivity index (χ0n) is 9.88. The molecule has 0 spiro atoms. The topological polar surface area (TPSA) is 38.3 Å². The van der Waals surface area contributed by atoms with Gasteiger partial charge in [0.1, 0.15) is 0 Å². The number of hydrogen-bond donors (Lipinski definition) is 1. The molecule has 0 radical (unpaired) electrons. The fourth-order valence-electron chi connectivity index (χ4n) is 1.47. The highest BCUT2D eigenvalue weighted by Crippen LogP contribution is 2.14. The van der Waals surface area contributed by atoms with Crippen molar-refractivity contribution in [2.24, 2.45) is 0 Å². The average molecular weight is 261 g/mol. The lowest BCUT2D eigenvalue weighted by Gasteiger charge is -2.11. The van der Waals surface area contributed by atoms with Crippen LogP contribution in [0.5, 0.6) is 0 Å². The molecule has 1 N–H and O–H groups in total. The molecule has 0 fully saturated rings. The van der Waals surface area contributed by atoms with Gasteiger partial charge in [-0.15, -0.1) is 0 Å². The van der Waals surface area contributed by atoms with Crippen molar-refractivity contribution < 1.29 is 22.7 Å². The first kappa shape index (κ1) is 14.5. The van der Waals surface area contributed by atoms with Crippen LogP contribution in [-0.4, -0.2) is 25.8 Å². The molecule has 0 aliphatic heterocycles. The van der Waals surface area contributed by atoms with Crippen molar-refractivity contribution in [3.05, 3.63) is 35.4 Å². The highest BCUT2D eigenvalue weighted by atomic mass is 19.4. The zero-order chi connectivity index (χ0) is 13.6. The van der Waals surface area contributed by atoms with E-state index in [4.69, 9.17) is 0 Å². The Labute approximate surface area is 103 Å². The van der Waals surface area contributed by atoms with Crippen LogP contribution in [0.1, 0.15) is 11.1 Å². The molecule has 100 valence electrons. The Bertz CT molecular complexity index is 405. The lowest BCUT2D eigenvalue weighted by molar-refractivity contribution is -0.139. The average Bonchev–Trinajstić information content (AvgIpc) is 2.29. The van der Waals surface area contributed by atoms with Crippen molar-refractivity contribution in [2.45, 2.75) is 19.1 Å². The minimum atomic E-state index is -4.24. The number of alkyl halides is 3. The van der Waals surface area contributed by atoms with Crippen LogP contribution >= 0.6 is 0 Å². The van der Waals surface area contributed by atoms with E-state index >= 15 is 0 Å². The summed E-state index contributed by atoms with van der Waals surface area (Å²) in [5.74, 6) is -0.418. The van der Waals surface area contributed by atoms with E-state index < -0.39 is 18.7 Å². The first-order chi connectivity index (χ1) is 8.42. The lowest BCUT2D eigenvalue weighted by Crippen LogP contribution is -2.28. The van der Waals surface area contributed by atoms with E-state index in [9.17, 15) is 18.0 Å². The van der Waals surface area contributed by atoms with Crippen LogP contribution in [0.3, 0.4) is 0 Å². The second-order valence-corrected chi connectivity index (χ2v) is 3.74. The molecule has 0 saturated heterocycles. The number of carbonyl (C=O) groups is 1. The Hall–Kier alpha value is -1.56. The summed E-state index contributed by atoms with van der Waals surface area (Å²) in [6, 6.07) is 6.82. The molecule has 0 aromatic heterocycles. The fraction of sp³-hybridized carbons (Fsp3) is 0.417. The van der Waals surface area contributed by atoms with Crippen molar-refractivity contribution in [1.29, 1.82) is 0 Å². The third-order valence-electron chi connectivity index (χ3n) is 2.32. The molecule has 0 bridgehead atoms.